The Balaban J connectivity index is -0.00000000517. The van der Waals surface area contributed by atoms with Crippen molar-refractivity contribution in [2.75, 3.05) is 157 Å². The Morgan fingerprint density at radius 2 is 0.171 bits per heavy atom. The summed E-state index contributed by atoms with van der Waals surface area (Å²) in [4.78, 5) is 9.42. The summed E-state index contributed by atoms with van der Waals surface area (Å²) < 4.78 is 0. The predicted octanol–water partition coefficient (Wildman–Crippen LogP) is -23.8. The monoisotopic (exact) mass is 1680 g/mol. The van der Waals surface area contributed by atoms with Crippen LogP contribution in [0.5, 0.6) is 0 Å². The van der Waals surface area contributed by atoms with Crippen LogP contribution in [0.2, 0.25) is 0 Å². The third-order valence-corrected chi connectivity index (χ3v) is 5.69. The quantitative estimate of drug-likeness (QED) is 0.0419. The molecule has 0 fully saturated rings. The molecule has 0 aromatic heterocycles. The summed E-state index contributed by atoms with van der Waals surface area (Å²) in [6.45, 7) is 24.9. The second-order valence-electron chi connectivity index (χ2n) is 9.61. The third kappa shape index (κ3) is 295. The fourth-order valence-electron chi connectivity index (χ4n) is 4.02. The average Bonchev–Trinajstić information content (AvgIpc) is 2.92. The predicted molar refractivity (Wildman–Crippen MR) is 197 cm³/mol. The second-order valence-corrected chi connectivity index (χ2v) is 9.61. The van der Waals surface area contributed by atoms with Gasteiger partial charge in [0.15, 0.2) is 0 Å². The van der Waals surface area contributed by atoms with E-state index in [2.05, 4.69) is 88.4 Å². The minimum Gasteiger partial charge on any atom is -2.00 e. The normalized spacial score (nSPS) is 5.68. The molecule has 0 amide bonds. The van der Waals surface area contributed by atoms with E-state index < -0.39 is 0 Å². The van der Waals surface area contributed by atoms with Crippen LogP contribution in [0.1, 0.15) is 0 Å². The van der Waals surface area contributed by atoms with Gasteiger partial charge in [0, 0.05) is 205 Å². The van der Waals surface area contributed by atoms with Crippen molar-refractivity contribution in [3.8, 4) is 0 Å². The molecule has 0 aromatic carbocycles. The topological polar surface area (TPSA) is 1220 Å². The summed E-state index contributed by atoms with van der Waals surface area (Å²) in [5.74, 6) is 0. The van der Waals surface area contributed by atoms with Crippen molar-refractivity contribution in [3.63, 3.8) is 0 Å². The van der Waals surface area contributed by atoms with Crippen LogP contribution in [0.25, 0.3) is 0 Å². The SMILES string of the molecule is O.O.O.O.O.O.[Mo].[Mo].[Mo].[Mo].[Mo].[Mo].[NH3+]CCN(CC[NH3+])CC[NH3+].[NH3+]CCN(CC[NH3+])CC[NH3+].[NH3+]CCN(CC[NH3+])CC[NH3+].[NH3+]CCN(CC[NH3+])CC[NH3+].[O-2].[O-2].[O-2].[O-2].[O-2].[O-2].[O-2].[O-2].[O-2].[O-2].[O-2].[O-2].[O-2].[O-2].[O-2].[O-2].[O-2].[O-2].[O-2].[O-2].[O-2].[O-2].[O-2].[O-2]. The molecular formula is C24H96Mo6N16O30-36. The van der Waals surface area contributed by atoms with Gasteiger partial charge in [0.2, 0.25) is 0 Å². The van der Waals surface area contributed by atoms with E-state index in [4.69, 9.17) is 0 Å². The van der Waals surface area contributed by atoms with Crippen molar-refractivity contribution in [1.82, 2.24) is 19.6 Å². The number of rotatable bonds is 24. The van der Waals surface area contributed by atoms with Gasteiger partial charge in [0.25, 0.3) is 0 Å². The van der Waals surface area contributed by atoms with Crippen LogP contribution in [0, 0.1) is 0 Å². The Bertz CT molecular complexity index is 381. The van der Waals surface area contributed by atoms with Crippen LogP contribution in [-0.4, -0.2) is 210 Å². The zero-order chi connectivity index (χ0) is 31.3. The van der Waals surface area contributed by atoms with Gasteiger partial charge in [-0.15, -0.1) is 0 Å². The molecule has 0 aromatic rings. The first-order valence-corrected chi connectivity index (χ1v) is 15.8. The minimum atomic E-state index is 0. The van der Waals surface area contributed by atoms with E-state index in [0.29, 0.717) is 0 Å². The van der Waals surface area contributed by atoms with E-state index in [0.717, 1.165) is 157 Å². The smallest absolute Gasteiger partial charge is 0.0869 e. The Morgan fingerprint density at radius 3 is 0.197 bits per heavy atom. The van der Waals surface area contributed by atoms with Crippen LogP contribution < -0.4 is 68.8 Å². The van der Waals surface area contributed by atoms with Crippen LogP contribution in [-0.2, 0) is 258 Å². The molecule has 0 saturated heterocycles. The van der Waals surface area contributed by atoms with Crippen molar-refractivity contribution in [1.29, 1.82) is 0 Å². The first-order chi connectivity index (χ1) is 19.4. The summed E-state index contributed by atoms with van der Waals surface area (Å²) in [6.07, 6.45) is 0. The molecular weight excluding hydrogens is 1570 g/mol. The molecule has 0 radical (unpaired) electrons. The summed E-state index contributed by atoms with van der Waals surface area (Å²) >= 11 is 0. The summed E-state index contributed by atoms with van der Waals surface area (Å²) in [6, 6.07) is 0. The Hall–Kier alpha value is 2.29. The molecule has 0 heterocycles. The van der Waals surface area contributed by atoms with Crippen LogP contribution in [0.4, 0.5) is 0 Å². The van der Waals surface area contributed by atoms with Gasteiger partial charge in [-0.1, -0.05) is 0 Å². The Kier molecular flexibility index (Phi) is 1290. The Morgan fingerprint density at radius 1 is 0.132 bits per heavy atom. The summed E-state index contributed by atoms with van der Waals surface area (Å²) in [5.41, 5.74) is 45.7. The van der Waals surface area contributed by atoms with Crippen molar-refractivity contribution in [3.05, 3.63) is 0 Å². The second kappa shape index (κ2) is 307. The van der Waals surface area contributed by atoms with Crippen LogP contribution >= 0.6 is 0 Å². The molecule has 0 aliphatic rings. The molecule has 0 unspecified atom stereocenters. The van der Waals surface area contributed by atoms with Crippen molar-refractivity contribution < 1.29 is 359 Å². The van der Waals surface area contributed by atoms with E-state index in [1.54, 1.807) is 0 Å². The van der Waals surface area contributed by atoms with Gasteiger partial charge in [0.05, 0.1) is 78.5 Å². The maximum Gasteiger partial charge on any atom is 0.0869 e. The van der Waals surface area contributed by atoms with Gasteiger partial charge in [-0.25, -0.2) is 0 Å². The van der Waals surface area contributed by atoms with Crippen molar-refractivity contribution in [2.45, 2.75) is 0 Å². The maximum absolute atomic E-state index is 3.81. The van der Waals surface area contributed by atoms with Crippen molar-refractivity contribution in [2.24, 2.45) is 0 Å². The van der Waals surface area contributed by atoms with E-state index in [1.165, 1.54) is 0 Å². The Labute approximate surface area is 532 Å². The van der Waals surface area contributed by atoms with Crippen LogP contribution in [0.3, 0.4) is 0 Å². The van der Waals surface area contributed by atoms with Crippen molar-refractivity contribution >= 4 is 0 Å². The zero-order valence-corrected chi connectivity index (χ0v) is 54.5. The average molecular weight is 1660 g/mol. The third-order valence-electron chi connectivity index (χ3n) is 5.69. The summed E-state index contributed by atoms with van der Waals surface area (Å²) in [7, 11) is 0. The summed E-state index contributed by atoms with van der Waals surface area (Å²) in [5, 5.41) is 0. The molecule has 76 heavy (non-hydrogen) atoms. The molecule has 0 rings (SSSR count). The van der Waals surface area contributed by atoms with E-state index in [1.807, 2.05) is 0 Å². The number of hydrogen-bond acceptors (Lipinski definition) is 4. The molecule has 0 atom stereocenters. The zero-order valence-electron chi connectivity index (χ0n) is 42.5. The first kappa shape index (κ1) is 319. The molecule has 52 heteroatoms. The number of hydrogen-bond donors (Lipinski definition) is 12. The molecule has 524 valence electrons. The standard InChI is InChI=1S/4C6H18N4.6Mo.6H2O.24O/c4*7-1-4-10(5-2-8)6-3-9;;;;;;;;;;;;;;;;;;;;;;;;;;;;;;;;;;;;/h4*1-9H2;;;;;;;6*1H2;;;;;;;;;;;;;;;;;;;;;;;;/q;;;;;;;;;;;;;;;;24*-2/p+12. The molecule has 48 N–H and O–H groups in total. The molecule has 0 saturated carbocycles. The van der Waals surface area contributed by atoms with Crippen LogP contribution in [0.15, 0.2) is 0 Å². The van der Waals surface area contributed by atoms with E-state index >= 15 is 0 Å². The van der Waals surface area contributed by atoms with Gasteiger partial charge in [0.1, 0.15) is 0 Å². The fourth-order valence-corrected chi connectivity index (χ4v) is 4.02. The van der Waals surface area contributed by atoms with Gasteiger partial charge in [-0.3, -0.25) is 19.6 Å². The molecule has 0 bridgehead atoms. The van der Waals surface area contributed by atoms with Gasteiger partial charge in [-0.05, 0) is 0 Å². The molecule has 46 nitrogen and oxygen atoms in total. The number of quaternary nitrogens is 12. The van der Waals surface area contributed by atoms with Gasteiger partial charge >= 0.3 is 0 Å². The maximum atomic E-state index is 3.81. The largest absolute Gasteiger partial charge is 2.00 e. The molecule has 0 aliphatic carbocycles. The van der Waals surface area contributed by atoms with Gasteiger partial charge < -0.3 is 233 Å². The minimum absolute atomic E-state index is 0. The fraction of sp³-hybridized carbons (Fsp3) is 1.00. The number of nitrogens with zero attached hydrogens (tertiary/aromatic N) is 4. The first-order valence-electron chi connectivity index (χ1n) is 15.8. The van der Waals surface area contributed by atoms with Gasteiger partial charge in [-0.2, -0.15) is 0 Å². The van der Waals surface area contributed by atoms with E-state index in [9.17, 15) is 0 Å². The molecule has 0 spiro atoms. The van der Waals surface area contributed by atoms with E-state index in [-0.39, 0.29) is 291 Å². The molecule has 0 aliphatic heterocycles.